The molecule has 8 nitrogen and oxygen atoms in total. The molecular formula is C18H15F7N6O2S. The predicted octanol–water partition coefficient (Wildman–Crippen LogP) is 2.83. The molecule has 0 bridgehead atoms. The van der Waals surface area contributed by atoms with Gasteiger partial charge in [-0.15, -0.1) is 5.10 Å². The number of aromatic amines is 1. The van der Waals surface area contributed by atoms with Crippen molar-refractivity contribution in [3.8, 4) is 0 Å². The maximum absolute atomic E-state index is 13.7. The molecule has 0 radical (unpaired) electrons. The first-order valence-corrected chi connectivity index (χ1v) is 11.3. The number of sulfone groups is 1. The third kappa shape index (κ3) is 3.78. The Morgan fingerprint density at radius 1 is 1.18 bits per heavy atom. The zero-order valence-corrected chi connectivity index (χ0v) is 18.1. The topological polar surface area (TPSA) is 96.2 Å². The second-order valence-corrected chi connectivity index (χ2v) is 9.66. The van der Waals surface area contributed by atoms with Crippen LogP contribution in [0.2, 0.25) is 0 Å². The number of halogens is 7. The number of hydrogen-bond donors (Lipinski definition) is 1. The summed E-state index contributed by atoms with van der Waals surface area (Å²) in [6, 6.07) is 1.46. The molecule has 0 amide bonds. The standard InChI is InChI=1S/C18H15F7N6O2S/c1-3-34(32,33)13-6-10-9(7-30(28-10)16(19)20)5-12(13)31-8(2)4-11-14(29-31)27-15(26-11)17(21,22)18(23,24)25/h4-8,16H,3H2,1-2H3,(H,26,27,29). The Hall–Kier alpha value is -3.17. The Kier molecular flexibility index (Phi) is 5.41. The van der Waals surface area contributed by atoms with Crippen LogP contribution in [-0.4, -0.2) is 46.1 Å². The minimum atomic E-state index is -5.91. The van der Waals surface area contributed by atoms with Gasteiger partial charge in [-0.2, -0.15) is 35.8 Å². The van der Waals surface area contributed by atoms with Crippen LogP contribution in [0.5, 0.6) is 0 Å². The summed E-state index contributed by atoms with van der Waals surface area (Å²) in [7, 11) is -3.97. The molecule has 4 rings (SSSR count). The molecule has 0 spiro atoms. The Bertz CT molecular complexity index is 1490. The number of nitrogens with zero attached hydrogens (tertiary/aromatic N) is 5. The van der Waals surface area contributed by atoms with Gasteiger partial charge in [-0.05, 0) is 25.1 Å². The fourth-order valence-electron chi connectivity index (χ4n) is 3.37. The van der Waals surface area contributed by atoms with E-state index in [1.165, 1.54) is 26.0 Å². The van der Waals surface area contributed by atoms with Crippen LogP contribution in [0.15, 0.2) is 28.3 Å². The maximum Gasteiger partial charge on any atom is 0.461 e. The maximum atomic E-state index is 13.7. The molecule has 0 saturated carbocycles. The van der Waals surface area contributed by atoms with Crippen molar-refractivity contribution in [2.24, 2.45) is 5.10 Å². The number of anilines is 1. The van der Waals surface area contributed by atoms with Crippen molar-refractivity contribution in [3.05, 3.63) is 35.0 Å². The van der Waals surface area contributed by atoms with E-state index in [1.54, 1.807) is 0 Å². The number of aromatic nitrogens is 4. The summed E-state index contributed by atoms with van der Waals surface area (Å²) < 4.78 is 118. The van der Waals surface area contributed by atoms with Crippen molar-refractivity contribution in [3.63, 3.8) is 0 Å². The lowest BCUT2D eigenvalue weighted by molar-refractivity contribution is -0.292. The zero-order chi connectivity index (χ0) is 25.2. The summed E-state index contributed by atoms with van der Waals surface area (Å²) in [6.45, 7) is -0.167. The number of nitrogens with one attached hydrogen (secondary N) is 1. The average molecular weight is 512 g/mol. The monoisotopic (exact) mass is 512 g/mol. The van der Waals surface area contributed by atoms with Crippen molar-refractivity contribution in [1.82, 2.24) is 19.7 Å². The van der Waals surface area contributed by atoms with Gasteiger partial charge in [0.25, 0.3) is 0 Å². The van der Waals surface area contributed by atoms with Crippen LogP contribution in [0.4, 0.5) is 36.4 Å². The molecule has 0 saturated heterocycles. The van der Waals surface area contributed by atoms with Gasteiger partial charge in [0.15, 0.2) is 21.1 Å². The molecule has 1 aromatic carbocycles. The van der Waals surface area contributed by atoms with E-state index in [2.05, 4.69) is 15.2 Å². The van der Waals surface area contributed by atoms with E-state index in [9.17, 15) is 39.2 Å². The summed E-state index contributed by atoms with van der Waals surface area (Å²) in [6.07, 6.45) is -3.69. The van der Waals surface area contributed by atoms with E-state index in [4.69, 9.17) is 0 Å². The lowest BCUT2D eigenvalue weighted by atomic mass is 10.2. The van der Waals surface area contributed by atoms with Crippen LogP contribution in [-0.2, 0) is 15.8 Å². The summed E-state index contributed by atoms with van der Waals surface area (Å²) in [5.41, 5.74) is -0.678. The molecule has 1 unspecified atom stereocenters. The molecular weight excluding hydrogens is 497 g/mol. The molecule has 0 fully saturated rings. The summed E-state index contributed by atoms with van der Waals surface area (Å²) in [5.74, 6) is -7.32. The van der Waals surface area contributed by atoms with E-state index in [-0.39, 0.29) is 32.6 Å². The number of hydrogen-bond acceptors (Lipinski definition) is 6. The van der Waals surface area contributed by atoms with Gasteiger partial charge < -0.3 is 4.98 Å². The minimum Gasteiger partial charge on any atom is -0.335 e. The Morgan fingerprint density at radius 3 is 2.44 bits per heavy atom. The first kappa shape index (κ1) is 24.0. The van der Waals surface area contributed by atoms with Gasteiger partial charge in [0.1, 0.15) is 0 Å². The molecule has 16 heteroatoms. The fourth-order valence-corrected chi connectivity index (χ4v) is 4.45. The molecule has 3 heterocycles. The van der Waals surface area contributed by atoms with Crippen LogP contribution in [0.1, 0.15) is 26.2 Å². The highest BCUT2D eigenvalue weighted by molar-refractivity contribution is 7.91. The van der Waals surface area contributed by atoms with E-state index in [0.717, 1.165) is 17.3 Å². The van der Waals surface area contributed by atoms with E-state index in [0.29, 0.717) is 4.68 Å². The molecule has 184 valence electrons. The number of imidazole rings is 1. The van der Waals surface area contributed by atoms with Crippen LogP contribution in [0, 0.1) is 0 Å². The predicted molar refractivity (Wildman–Crippen MR) is 104 cm³/mol. The summed E-state index contributed by atoms with van der Waals surface area (Å²) >= 11 is 0. The Morgan fingerprint density at radius 2 is 1.85 bits per heavy atom. The number of benzene rings is 1. The Balaban J connectivity index is 1.93. The fraction of sp³-hybridized carbons (Fsp3) is 0.389. The minimum absolute atomic E-state index is 0.0442. The Labute approximate surface area is 186 Å². The highest BCUT2D eigenvalue weighted by Crippen LogP contribution is 2.41. The third-order valence-corrected chi connectivity index (χ3v) is 6.88. The molecule has 34 heavy (non-hydrogen) atoms. The molecule has 3 aromatic rings. The van der Waals surface area contributed by atoms with Gasteiger partial charge in [-0.1, -0.05) is 6.92 Å². The summed E-state index contributed by atoms with van der Waals surface area (Å²) in [5, 5.41) is 8.61. The van der Waals surface area contributed by atoms with Gasteiger partial charge in [0.2, 0.25) is 0 Å². The number of fused-ring (bicyclic) bond motifs is 2. The highest BCUT2D eigenvalue weighted by Gasteiger charge is 2.61. The number of H-pyrrole nitrogens is 1. The average Bonchev–Trinajstić information content (AvgIpc) is 3.35. The van der Waals surface area contributed by atoms with Gasteiger partial charge in [-0.25, -0.2) is 18.1 Å². The lowest BCUT2D eigenvalue weighted by Gasteiger charge is -2.27. The van der Waals surface area contributed by atoms with Gasteiger partial charge in [0.05, 0.1) is 33.2 Å². The first-order valence-electron chi connectivity index (χ1n) is 9.60. The first-order chi connectivity index (χ1) is 15.7. The van der Waals surface area contributed by atoms with E-state index >= 15 is 0 Å². The SMILES string of the molecule is CCS(=O)(=O)c1cc2nn(C(F)F)cc2cc1N1N=c2nc(C(F)(F)C(F)(F)F)[nH]c2=CC1C. The second kappa shape index (κ2) is 7.68. The quantitative estimate of drug-likeness (QED) is 0.531. The van der Waals surface area contributed by atoms with Gasteiger partial charge in [-0.3, -0.25) is 5.01 Å². The molecule has 1 aliphatic heterocycles. The number of rotatable bonds is 5. The van der Waals surface area contributed by atoms with Crippen molar-refractivity contribution in [2.75, 3.05) is 10.8 Å². The molecule has 2 aromatic heterocycles. The van der Waals surface area contributed by atoms with Crippen LogP contribution in [0.25, 0.3) is 17.0 Å². The smallest absolute Gasteiger partial charge is 0.335 e. The highest BCUT2D eigenvalue weighted by atomic mass is 32.2. The van der Waals surface area contributed by atoms with Crippen molar-refractivity contribution >= 4 is 32.5 Å². The van der Waals surface area contributed by atoms with Gasteiger partial charge >= 0.3 is 18.6 Å². The lowest BCUT2D eigenvalue weighted by Crippen LogP contribution is -2.41. The van der Waals surface area contributed by atoms with E-state index < -0.39 is 45.8 Å². The zero-order valence-electron chi connectivity index (χ0n) is 17.3. The molecule has 0 aliphatic carbocycles. The van der Waals surface area contributed by atoms with Crippen molar-refractivity contribution < 1.29 is 39.2 Å². The van der Waals surface area contributed by atoms with Crippen LogP contribution >= 0.6 is 0 Å². The molecule has 1 N–H and O–H groups in total. The van der Waals surface area contributed by atoms with Crippen molar-refractivity contribution in [2.45, 2.75) is 43.4 Å². The molecule has 1 atom stereocenters. The summed E-state index contributed by atoms with van der Waals surface area (Å²) in [4.78, 5) is 4.85. The third-order valence-electron chi connectivity index (χ3n) is 5.13. The van der Waals surface area contributed by atoms with E-state index in [1.807, 2.05) is 4.98 Å². The normalized spacial score (nSPS) is 17.1. The van der Waals surface area contributed by atoms with Crippen LogP contribution in [0.3, 0.4) is 0 Å². The van der Waals surface area contributed by atoms with Crippen LogP contribution < -0.4 is 15.8 Å². The molecule has 1 aliphatic rings. The van der Waals surface area contributed by atoms with Crippen molar-refractivity contribution in [1.29, 1.82) is 0 Å². The van der Waals surface area contributed by atoms with Gasteiger partial charge in [0, 0.05) is 11.6 Å². The largest absolute Gasteiger partial charge is 0.461 e. The second-order valence-electron chi connectivity index (χ2n) is 7.42. The number of alkyl halides is 7.